The fraction of sp³-hybridized carbons (Fsp3) is 0.167. The number of Topliss-reactive ketones (excluding diaryl/α,β-unsaturated/α-hetero) is 1. The molecule has 0 bridgehead atoms. The Labute approximate surface area is 156 Å². The molecule has 25 heavy (non-hydrogen) atoms. The van der Waals surface area contributed by atoms with Crippen LogP contribution in [0, 0.1) is 0 Å². The number of hydrogen-bond donors (Lipinski definition) is 3. The van der Waals surface area contributed by atoms with Crippen molar-refractivity contribution in [2.24, 2.45) is 0 Å². The van der Waals surface area contributed by atoms with E-state index in [2.05, 4.69) is 16.2 Å². The molecule has 0 aliphatic rings. The van der Waals surface area contributed by atoms with E-state index in [1.807, 2.05) is 30.3 Å². The quantitative estimate of drug-likeness (QED) is 0.411. The molecule has 0 heterocycles. The highest BCUT2D eigenvalue weighted by atomic mass is 32.2. The number of amides is 1. The molecule has 7 heteroatoms. The number of hydrogen-bond acceptors (Lipinski definition) is 4. The molecule has 0 atom stereocenters. The monoisotopic (exact) mass is 373 g/mol. The Hall–Kier alpha value is -2.38. The summed E-state index contributed by atoms with van der Waals surface area (Å²) in [6.45, 7) is 1.51. The third-order valence-corrected chi connectivity index (χ3v) is 4.42. The molecule has 0 aliphatic heterocycles. The lowest BCUT2D eigenvalue weighted by Gasteiger charge is -2.11. The number of rotatable bonds is 6. The molecular weight excluding hydrogens is 354 g/mol. The van der Waals surface area contributed by atoms with Gasteiger partial charge in [0.1, 0.15) is 0 Å². The van der Waals surface area contributed by atoms with Gasteiger partial charge in [-0.1, -0.05) is 30.3 Å². The van der Waals surface area contributed by atoms with Gasteiger partial charge in [0.2, 0.25) is 5.91 Å². The highest BCUT2D eigenvalue weighted by Crippen LogP contribution is 2.11. The highest BCUT2D eigenvalue weighted by molar-refractivity contribution is 7.99. The van der Waals surface area contributed by atoms with Crippen LogP contribution in [-0.2, 0) is 10.5 Å². The van der Waals surface area contributed by atoms with Gasteiger partial charge in [-0.25, -0.2) is 0 Å². The number of carbonyl (C=O) groups is 2. The fourth-order valence-corrected chi connectivity index (χ4v) is 2.91. The van der Waals surface area contributed by atoms with Gasteiger partial charge in [0.25, 0.3) is 0 Å². The van der Waals surface area contributed by atoms with E-state index in [0.717, 1.165) is 11.4 Å². The van der Waals surface area contributed by atoms with E-state index in [1.165, 1.54) is 24.2 Å². The summed E-state index contributed by atoms with van der Waals surface area (Å²) >= 11 is 6.64. The summed E-state index contributed by atoms with van der Waals surface area (Å²) in [7, 11) is 0. The standard InChI is InChI=1S/C18H19N3O2S2/c1-13(22)15-7-9-16(10-8-15)19-18(24)21-20-17(23)12-25-11-14-5-3-2-4-6-14/h2-10H,11-12H2,1H3,(H,20,23)(H2,19,21,24). The second-order valence-corrected chi connectivity index (χ2v) is 6.63. The van der Waals surface area contributed by atoms with E-state index in [9.17, 15) is 9.59 Å². The summed E-state index contributed by atoms with van der Waals surface area (Å²) in [5.74, 6) is 0.960. The summed E-state index contributed by atoms with van der Waals surface area (Å²) in [5, 5.41) is 3.21. The lowest BCUT2D eigenvalue weighted by Crippen LogP contribution is -2.44. The highest BCUT2D eigenvalue weighted by Gasteiger charge is 2.04. The normalized spacial score (nSPS) is 9.96. The fourth-order valence-electron chi connectivity index (χ4n) is 1.95. The molecular formula is C18H19N3O2S2. The second-order valence-electron chi connectivity index (χ2n) is 5.24. The Morgan fingerprint density at radius 1 is 1.00 bits per heavy atom. The van der Waals surface area contributed by atoms with Crippen molar-refractivity contribution >= 4 is 46.5 Å². The van der Waals surface area contributed by atoms with Crippen LogP contribution >= 0.6 is 24.0 Å². The Bertz CT molecular complexity index is 734. The minimum Gasteiger partial charge on any atom is -0.331 e. The first kappa shape index (κ1) is 19.0. The van der Waals surface area contributed by atoms with Crippen LogP contribution in [0.4, 0.5) is 5.69 Å². The smallest absolute Gasteiger partial charge is 0.248 e. The third-order valence-electron chi connectivity index (χ3n) is 3.21. The Morgan fingerprint density at radius 3 is 2.32 bits per heavy atom. The first-order chi connectivity index (χ1) is 12.0. The topological polar surface area (TPSA) is 70.2 Å². The van der Waals surface area contributed by atoms with Crippen molar-refractivity contribution in [3.63, 3.8) is 0 Å². The summed E-state index contributed by atoms with van der Waals surface area (Å²) in [5.41, 5.74) is 7.75. The molecule has 1 amide bonds. The number of nitrogens with one attached hydrogen (secondary N) is 3. The van der Waals surface area contributed by atoms with E-state index >= 15 is 0 Å². The molecule has 2 aromatic carbocycles. The largest absolute Gasteiger partial charge is 0.331 e. The molecule has 0 radical (unpaired) electrons. The number of thiocarbonyl (C=S) groups is 1. The minimum absolute atomic E-state index is 0.00696. The first-order valence-corrected chi connectivity index (χ1v) is 9.19. The first-order valence-electron chi connectivity index (χ1n) is 7.63. The lowest BCUT2D eigenvalue weighted by molar-refractivity contribution is -0.119. The van der Waals surface area contributed by atoms with E-state index in [4.69, 9.17) is 12.2 Å². The number of benzene rings is 2. The van der Waals surface area contributed by atoms with Crippen molar-refractivity contribution in [2.75, 3.05) is 11.1 Å². The number of carbonyl (C=O) groups excluding carboxylic acids is 2. The van der Waals surface area contributed by atoms with Gasteiger partial charge in [-0.2, -0.15) is 0 Å². The zero-order valence-corrected chi connectivity index (χ0v) is 15.4. The molecule has 0 saturated carbocycles. The maximum Gasteiger partial charge on any atom is 0.248 e. The van der Waals surface area contributed by atoms with Crippen molar-refractivity contribution in [1.82, 2.24) is 10.9 Å². The number of ketones is 1. The van der Waals surface area contributed by atoms with Gasteiger partial charge in [0.15, 0.2) is 10.9 Å². The molecule has 2 aromatic rings. The maximum atomic E-state index is 11.8. The average Bonchev–Trinajstić information content (AvgIpc) is 2.61. The van der Waals surface area contributed by atoms with Gasteiger partial charge in [0, 0.05) is 17.0 Å². The molecule has 3 N–H and O–H groups in total. The Morgan fingerprint density at radius 2 is 1.68 bits per heavy atom. The van der Waals surface area contributed by atoms with E-state index < -0.39 is 0 Å². The zero-order chi connectivity index (χ0) is 18.1. The van der Waals surface area contributed by atoms with Crippen molar-refractivity contribution in [2.45, 2.75) is 12.7 Å². The molecule has 0 saturated heterocycles. The van der Waals surface area contributed by atoms with Crippen LogP contribution in [0.5, 0.6) is 0 Å². The van der Waals surface area contributed by atoms with Crippen LogP contribution in [0.1, 0.15) is 22.8 Å². The van der Waals surface area contributed by atoms with Crippen LogP contribution in [0.2, 0.25) is 0 Å². The van der Waals surface area contributed by atoms with E-state index in [1.54, 1.807) is 24.3 Å². The molecule has 0 spiro atoms. The van der Waals surface area contributed by atoms with Crippen molar-refractivity contribution < 1.29 is 9.59 Å². The van der Waals surface area contributed by atoms with E-state index in [0.29, 0.717) is 11.3 Å². The van der Waals surface area contributed by atoms with Crippen molar-refractivity contribution in [3.05, 3.63) is 65.7 Å². The molecule has 0 aliphatic carbocycles. The Balaban J connectivity index is 1.66. The van der Waals surface area contributed by atoms with Gasteiger partial charge in [-0.3, -0.25) is 20.4 Å². The van der Waals surface area contributed by atoms with Crippen molar-refractivity contribution in [3.8, 4) is 0 Å². The zero-order valence-electron chi connectivity index (χ0n) is 13.7. The molecule has 0 fully saturated rings. The lowest BCUT2D eigenvalue weighted by atomic mass is 10.1. The van der Waals surface area contributed by atoms with Crippen LogP contribution in [0.3, 0.4) is 0 Å². The SMILES string of the molecule is CC(=O)c1ccc(NC(=S)NNC(=O)CSCc2ccccc2)cc1. The third kappa shape index (κ3) is 6.94. The molecule has 0 aromatic heterocycles. The average molecular weight is 374 g/mol. The van der Waals surface area contributed by atoms with Crippen molar-refractivity contribution in [1.29, 1.82) is 0 Å². The Kier molecular flexibility index (Phi) is 7.43. The summed E-state index contributed by atoms with van der Waals surface area (Å²) < 4.78 is 0. The predicted molar refractivity (Wildman–Crippen MR) is 107 cm³/mol. The van der Waals surface area contributed by atoms with Crippen LogP contribution in [0.25, 0.3) is 0 Å². The minimum atomic E-state index is -0.156. The summed E-state index contributed by atoms with van der Waals surface area (Å²) in [4.78, 5) is 23.0. The van der Waals surface area contributed by atoms with E-state index in [-0.39, 0.29) is 16.8 Å². The van der Waals surface area contributed by atoms with Gasteiger partial charge >= 0.3 is 0 Å². The van der Waals surface area contributed by atoms with Gasteiger partial charge in [-0.05, 0) is 49.0 Å². The van der Waals surface area contributed by atoms with Crippen LogP contribution < -0.4 is 16.2 Å². The summed E-state index contributed by atoms with van der Waals surface area (Å²) in [6.07, 6.45) is 0. The molecule has 130 valence electrons. The van der Waals surface area contributed by atoms with Crippen LogP contribution in [-0.4, -0.2) is 22.6 Å². The maximum absolute atomic E-state index is 11.8. The molecule has 5 nitrogen and oxygen atoms in total. The number of anilines is 1. The predicted octanol–water partition coefficient (Wildman–Crippen LogP) is 3.14. The second kappa shape index (κ2) is 9.80. The number of hydrazine groups is 1. The van der Waals surface area contributed by atoms with Crippen LogP contribution in [0.15, 0.2) is 54.6 Å². The van der Waals surface area contributed by atoms with Gasteiger partial charge in [0.05, 0.1) is 5.75 Å². The van der Waals surface area contributed by atoms with Gasteiger partial charge < -0.3 is 5.32 Å². The molecule has 2 rings (SSSR count). The molecule has 0 unspecified atom stereocenters. The number of thioether (sulfide) groups is 1. The van der Waals surface area contributed by atoms with Gasteiger partial charge in [-0.15, -0.1) is 11.8 Å². The summed E-state index contributed by atoms with van der Waals surface area (Å²) in [6, 6.07) is 16.9.